The lowest BCUT2D eigenvalue weighted by Crippen LogP contribution is -2.40. The second-order valence-corrected chi connectivity index (χ2v) is 12.7. The van der Waals surface area contributed by atoms with Crippen molar-refractivity contribution >= 4 is 28.7 Å². The summed E-state index contributed by atoms with van der Waals surface area (Å²) in [5.74, 6) is 1.17. The van der Waals surface area contributed by atoms with Gasteiger partial charge in [0.25, 0.3) is 5.91 Å². The van der Waals surface area contributed by atoms with Crippen molar-refractivity contribution < 1.29 is 19.1 Å². The summed E-state index contributed by atoms with van der Waals surface area (Å²) in [6, 6.07) is 10.1. The Kier molecular flexibility index (Phi) is 5.98. The van der Waals surface area contributed by atoms with Crippen LogP contribution in [0.2, 0.25) is 0 Å². The maximum absolute atomic E-state index is 13.8. The highest BCUT2D eigenvalue weighted by atomic mass is 16.6. The minimum Gasteiger partial charge on any atom is -0.482 e. The number of imidazole rings is 1. The first-order valence-corrected chi connectivity index (χ1v) is 15.4. The molecule has 7 heterocycles. The van der Waals surface area contributed by atoms with Crippen LogP contribution in [-0.4, -0.2) is 79.1 Å². The molecule has 4 atom stereocenters. The fraction of sp³-hybridized carbons (Fsp3) is 0.500. The third kappa shape index (κ3) is 4.11. The Balaban J connectivity index is 1.22. The van der Waals surface area contributed by atoms with E-state index in [1.807, 2.05) is 41.3 Å². The molecule has 3 saturated heterocycles. The van der Waals surface area contributed by atoms with E-state index in [-0.39, 0.29) is 36.2 Å². The van der Waals surface area contributed by atoms with Crippen molar-refractivity contribution in [1.29, 1.82) is 0 Å². The molecule has 2 amide bonds. The van der Waals surface area contributed by atoms with E-state index in [1.165, 1.54) is 12.8 Å². The van der Waals surface area contributed by atoms with Crippen molar-refractivity contribution in [1.82, 2.24) is 28.7 Å². The predicted octanol–water partition coefficient (Wildman–Crippen LogP) is 4.30. The van der Waals surface area contributed by atoms with E-state index in [4.69, 9.17) is 25.2 Å². The number of nitrogens with two attached hydrogens (primary N) is 1. The molecule has 2 bridgehead atoms. The second-order valence-electron chi connectivity index (χ2n) is 12.7. The zero-order valence-corrected chi connectivity index (χ0v) is 24.8. The van der Waals surface area contributed by atoms with Gasteiger partial charge in [0.15, 0.2) is 5.88 Å². The van der Waals surface area contributed by atoms with Crippen LogP contribution in [0.25, 0.3) is 28.1 Å². The Morgan fingerprint density at radius 2 is 2.00 bits per heavy atom. The highest BCUT2D eigenvalue weighted by Gasteiger charge is 2.47. The maximum Gasteiger partial charge on any atom is 0.410 e. The molecule has 8 rings (SSSR count). The van der Waals surface area contributed by atoms with Crippen molar-refractivity contribution in [2.24, 2.45) is 11.7 Å². The molecule has 0 spiro atoms. The van der Waals surface area contributed by atoms with Gasteiger partial charge in [-0.1, -0.05) is 0 Å². The fourth-order valence-electron chi connectivity index (χ4n) is 7.52. The molecule has 0 radical (unpaired) electrons. The number of carbonyl (C=O) groups is 2. The molecule has 11 nitrogen and oxygen atoms in total. The van der Waals surface area contributed by atoms with Crippen LogP contribution < -0.4 is 10.5 Å². The van der Waals surface area contributed by atoms with Crippen molar-refractivity contribution in [3.63, 3.8) is 0 Å². The third-order valence-electron chi connectivity index (χ3n) is 10.0. The molecule has 2 N–H and O–H groups in total. The number of cyclic esters (lactones) is 1. The summed E-state index contributed by atoms with van der Waals surface area (Å²) in [5.41, 5.74) is 12.1. The van der Waals surface area contributed by atoms with Crippen molar-refractivity contribution in [2.75, 3.05) is 20.3 Å². The van der Waals surface area contributed by atoms with E-state index in [9.17, 15) is 9.59 Å². The summed E-state index contributed by atoms with van der Waals surface area (Å²) in [7, 11) is 1.63. The van der Waals surface area contributed by atoms with Crippen molar-refractivity contribution in [2.45, 2.75) is 76.7 Å². The Morgan fingerprint density at radius 1 is 1.16 bits per heavy atom. The minimum absolute atomic E-state index is 0.000895. The molecule has 1 aliphatic carbocycles. The van der Waals surface area contributed by atoms with Crippen LogP contribution in [0.3, 0.4) is 0 Å². The minimum atomic E-state index is -0.296. The quantitative estimate of drug-likeness (QED) is 0.345. The van der Waals surface area contributed by atoms with E-state index >= 15 is 0 Å². The molecule has 4 fully saturated rings. The molecular formula is C32H37N7O4. The number of nitrogens with zero attached hydrogens (tertiary/aromatic N) is 6. The van der Waals surface area contributed by atoms with Crippen molar-refractivity contribution in [3.05, 3.63) is 47.3 Å². The molecule has 1 saturated carbocycles. The van der Waals surface area contributed by atoms with Gasteiger partial charge in [0, 0.05) is 41.7 Å². The summed E-state index contributed by atoms with van der Waals surface area (Å²) >= 11 is 0. The number of hydrogen-bond acceptors (Lipinski definition) is 7. The molecule has 11 heteroatoms. The monoisotopic (exact) mass is 583 g/mol. The van der Waals surface area contributed by atoms with Gasteiger partial charge in [-0.15, -0.1) is 0 Å². The van der Waals surface area contributed by atoms with Crippen LogP contribution in [0, 0.1) is 12.8 Å². The highest BCUT2D eigenvalue weighted by molar-refractivity contribution is 5.96. The first-order chi connectivity index (χ1) is 20.8. The highest BCUT2D eigenvalue weighted by Crippen LogP contribution is 2.40. The van der Waals surface area contributed by atoms with Gasteiger partial charge in [0.05, 0.1) is 36.8 Å². The van der Waals surface area contributed by atoms with Crippen molar-refractivity contribution in [3.8, 4) is 17.3 Å². The van der Waals surface area contributed by atoms with Gasteiger partial charge in [-0.05, 0) is 76.1 Å². The molecule has 224 valence electrons. The number of fused-ring (bicyclic) bond motifs is 4. The van der Waals surface area contributed by atoms with E-state index in [0.29, 0.717) is 36.2 Å². The van der Waals surface area contributed by atoms with E-state index < -0.39 is 0 Å². The standard InChI is InChI=1S/C32H37N7O4/c1-17(36-10-11-43-32(36)41)24-8-6-20-12-26(37(30(20)34-24)16-19-4-5-19)29-18(2)38-27(35-29)13-21(14-28(38)42-3)31(40)39-22-7-9-25(39)23(33)15-22/h6,8,12-14,17,19,22-23,25H,4-5,7,9-11,15-16,33H2,1-3H3/t17-,22+,23-,25-/m1/s1. The number of rotatable bonds is 7. The summed E-state index contributed by atoms with van der Waals surface area (Å²) < 4.78 is 15.3. The first-order valence-electron chi connectivity index (χ1n) is 15.4. The molecule has 4 aromatic heterocycles. The Labute approximate surface area is 249 Å². The molecule has 3 aliphatic heterocycles. The third-order valence-corrected chi connectivity index (χ3v) is 10.0. The van der Waals surface area contributed by atoms with Crippen LogP contribution in [0.1, 0.15) is 66.8 Å². The van der Waals surface area contributed by atoms with Gasteiger partial charge in [0.2, 0.25) is 0 Å². The smallest absolute Gasteiger partial charge is 0.410 e. The Bertz CT molecular complexity index is 1790. The average molecular weight is 584 g/mol. The SMILES string of the molecule is COc1cc(C(=O)N2[C@H]3CC[C@@H]2[C@H](N)C3)cc2nc(-c3cc4ccc([C@@H](C)N5CCOC5=O)nc4n3CC3CC3)c(C)n12. The van der Waals surface area contributed by atoms with Gasteiger partial charge in [-0.2, -0.15) is 0 Å². The zero-order valence-electron chi connectivity index (χ0n) is 24.8. The van der Waals surface area contributed by atoms with Crippen LogP contribution in [-0.2, 0) is 11.3 Å². The topological polar surface area (TPSA) is 120 Å². The predicted molar refractivity (Wildman–Crippen MR) is 160 cm³/mol. The Morgan fingerprint density at radius 3 is 2.67 bits per heavy atom. The number of aryl methyl sites for hydroxylation is 1. The van der Waals surface area contributed by atoms with Gasteiger partial charge < -0.3 is 24.7 Å². The van der Waals surface area contributed by atoms with Gasteiger partial charge in [0.1, 0.15) is 23.6 Å². The number of methoxy groups -OCH3 is 1. The lowest BCUT2D eigenvalue weighted by Gasteiger charge is -2.23. The van der Waals surface area contributed by atoms with Crippen LogP contribution in [0.4, 0.5) is 4.79 Å². The summed E-state index contributed by atoms with van der Waals surface area (Å²) in [6.07, 6.45) is 4.94. The molecule has 0 aromatic carbocycles. The fourth-order valence-corrected chi connectivity index (χ4v) is 7.52. The van der Waals surface area contributed by atoms with Gasteiger partial charge in [-0.3, -0.25) is 14.1 Å². The number of ether oxygens (including phenoxy) is 2. The number of pyridine rings is 2. The average Bonchev–Trinajstić information content (AvgIpc) is 3.31. The molecule has 4 aromatic rings. The number of aromatic nitrogens is 4. The number of hydrogen-bond donors (Lipinski definition) is 1. The maximum atomic E-state index is 13.8. The van der Waals surface area contributed by atoms with Gasteiger partial charge in [-0.25, -0.2) is 14.8 Å². The number of amides is 2. The largest absolute Gasteiger partial charge is 0.482 e. The lowest BCUT2D eigenvalue weighted by molar-refractivity contribution is 0.0725. The van der Waals surface area contributed by atoms with Gasteiger partial charge >= 0.3 is 6.09 Å². The summed E-state index contributed by atoms with van der Waals surface area (Å²) in [6.45, 7) is 5.85. The van der Waals surface area contributed by atoms with E-state index in [2.05, 4.69) is 16.7 Å². The summed E-state index contributed by atoms with van der Waals surface area (Å²) in [4.78, 5) is 39.9. The normalized spacial score (nSPS) is 24.0. The Hall–Kier alpha value is -4.12. The lowest BCUT2D eigenvalue weighted by atomic mass is 9.97. The molecule has 0 unspecified atom stereocenters. The molecular weight excluding hydrogens is 546 g/mol. The second kappa shape index (κ2) is 9.70. The molecule has 4 aliphatic rings. The first kappa shape index (κ1) is 26.5. The molecule has 43 heavy (non-hydrogen) atoms. The van der Waals surface area contributed by atoms with Crippen LogP contribution in [0.15, 0.2) is 30.3 Å². The van der Waals surface area contributed by atoms with E-state index in [0.717, 1.165) is 59.6 Å². The number of carbonyl (C=O) groups excluding carboxylic acids is 2. The zero-order chi connectivity index (χ0) is 29.6. The summed E-state index contributed by atoms with van der Waals surface area (Å²) in [5, 5.41) is 1.02. The van der Waals surface area contributed by atoms with Crippen LogP contribution >= 0.6 is 0 Å². The van der Waals surface area contributed by atoms with Crippen LogP contribution in [0.5, 0.6) is 5.88 Å². The van der Waals surface area contributed by atoms with E-state index in [1.54, 1.807) is 12.0 Å².